The highest BCUT2D eigenvalue weighted by Crippen LogP contribution is 2.31. The number of aromatic carboxylic acids is 2. The lowest BCUT2D eigenvalue weighted by Gasteiger charge is -1.95. The molecule has 0 aliphatic rings. The van der Waals surface area contributed by atoms with Gasteiger partial charge in [-0.2, -0.15) is 0 Å². The van der Waals surface area contributed by atoms with Crippen molar-refractivity contribution in [1.29, 1.82) is 0 Å². The van der Waals surface area contributed by atoms with Gasteiger partial charge in [0.1, 0.15) is 9.75 Å². The molecule has 0 fully saturated rings. The van der Waals surface area contributed by atoms with E-state index in [1.165, 1.54) is 6.07 Å². The number of carboxylic acid groups (broad SMARTS) is 3. The van der Waals surface area contributed by atoms with Crippen molar-refractivity contribution < 1.29 is 29.7 Å². The quantitative estimate of drug-likeness (QED) is 0.686. The third-order valence-corrected chi connectivity index (χ3v) is 3.72. The van der Waals surface area contributed by atoms with E-state index < -0.39 is 17.9 Å². The number of carbonyl (C=O) groups is 3. The first-order valence-corrected chi connectivity index (χ1v) is 5.67. The lowest BCUT2D eigenvalue weighted by atomic mass is 10.4. The average Bonchev–Trinajstić information content (AvgIpc) is 2.58. The Morgan fingerprint density at radius 3 is 2.25 bits per heavy atom. The van der Waals surface area contributed by atoms with Crippen LogP contribution in [-0.2, 0) is 4.79 Å². The molecule has 8 heteroatoms. The first kappa shape index (κ1) is 12.5. The molecule has 1 rings (SSSR count). The Balaban J connectivity index is 3.00. The second kappa shape index (κ2) is 4.99. The zero-order valence-electron chi connectivity index (χ0n) is 7.67. The van der Waals surface area contributed by atoms with Crippen molar-refractivity contribution in [2.75, 3.05) is 5.75 Å². The van der Waals surface area contributed by atoms with Crippen molar-refractivity contribution in [2.45, 2.75) is 4.90 Å². The maximum absolute atomic E-state index is 10.8. The van der Waals surface area contributed by atoms with Crippen LogP contribution in [0.3, 0.4) is 0 Å². The van der Waals surface area contributed by atoms with Gasteiger partial charge in [0.2, 0.25) is 0 Å². The number of hydrogen-bond donors (Lipinski definition) is 3. The molecule has 0 saturated heterocycles. The van der Waals surface area contributed by atoms with E-state index in [0.29, 0.717) is 11.3 Å². The number of hydrogen-bond acceptors (Lipinski definition) is 5. The molecule has 1 aromatic heterocycles. The van der Waals surface area contributed by atoms with Gasteiger partial charge in [-0.3, -0.25) is 4.79 Å². The topological polar surface area (TPSA) is 112 Å². The number of carboxylic acids is 3. The van der Waals surface area contributed by atoms with Crippen molar-refractivity contribution in [1.82, 2.24) is 0 Å². The summed E-state index contributed by atoms with van der Waals surface area (Å²) in [5.74, 6) is -3.89. The van der Waals surface area contributed by atoms with E-state index in [0.717, 1.165) is 11.8 Å². The third-order valence-electron chi connectivity index (χ3n) is 1.45. The minimum absolute atomic E-state index is 0.120. The molecule has 0 aromatic carbocycles. The van der Waals surface area contributed by atoms with Crippen LogP contribution in [0.1, 0.15) is 19.3 Å². The first-order valence-electron chi connectivity index (χ1n) is 3.87. The Morgan fingerprint density at radius 1 is 1.19 bits per heavy atom. The fourth-order valence-corrected chi connectivity index (χ4v) is 2.68. The van der Waals surface area contributed by atoms with Crippen LogP contribution < -0.4 is 0 Å². The predicted molar refractivity (Wildman–Crippen MR) is 56.6 cm³/mol. The molecule has 0 spiro atoms. The molecule has 6 nitrogen and oxygen atoms in total. The highest BCUT2D eigenvalue weighted by molar-refractivity contribution is 8.00. The molecule has 0 atom stereocenters. The average molecular weight is 262 g/mol. The Labute approximate surface area is 97.5 Å². The zero-order valence-corrected chi connectivity index (χ0v) is 9.30. The fraction of sp³-hybridized carbons (Fsp3) is 0.125. The summed E-state index contributed by atoms with van der Waals surface area (Å²) in [6.45, 7) is 0. The molecular formula is C8H6O6S2. The molecule has 0 radical (unpaired) electrons. The van der Waals surface area contributed by atoms with Gasteiger partial charge in [0.15, 0.2) is 0 Å². The van der Waals surface area contributed by atoms with Crippen LogP contribution in [0.2, 0.25) is 0 Å². The van der Waals surface area contributed by atoms with E-state index in [1.54, 1.807) is 0 Å². The lowest BCUT2D eigenvalue weighted by Crippen LogP contribution is -1.99. The Kier molecular flexibility index (Phi) is 3.91. The molecule has 0 amide bonds. The van der Waals surface area contributed by atoms with Crippen molar-refractivity contribution in [2.24, 2.45) is 0 Å². The van der Waals surface area contributed by atoms with E-state index in [2.05, 4.69) is 0 Å². The highest BCUT2D eigenvalue weighted by Gasteiger charge is 2.19. The van der Waals surface area contributed by atoms with Crippen LogP contribution in [0.4, 0.5) is 0 Å². The number of rotatable bonds is 5. The molecule has 0 aliphatic carbocycles. The van der Waals surface area contributed by atoms with Gasteiger partial charge in [-0.25, -0.2) is 9.59 Å². The monoisotopic (exact) mass is 262 g/mol. The third kappa shape index (κ3) is 2.97. The summed E-state index contributed by atoms with van der Waals surface area (Å²) in [4.78, 5) is 31.6. The summed E-state index contributed by atoms with van der Waals surface area (Å²) < 4.78 is 0. The smallest absolute Gasteiger partial charge is 0.347 e. The lowest BCUT2D eigenvalue weighted by molar-refractivity contribution is -0.133. The first-order chi connectivity index (χ1) is 7.41. The summed E-state index contributed by atoms with van der Waals surface area (Å²) in [7, 11) is 0. The van der Waals surface area contributed by atoms with Gasteiger partial charge in [0.25, 0.3) is 0 Å². The Bertz CT molecular complexity index is 449. The van der Waals surface area contributed by atoms with Crippen LogP contribution in [0, 0.1) is 0 Å². The van der Waals surface area contributed by atoms with E-state index in [4.69, 9.17) is 15.3 Å². The van der Waals surface area contributed by atoms with Crippen molar-refractivity contribution in [3.8, 4) is 0 Å². The summed E-state index contributed by atoms with van der Waals surface area (Å²) in [6, 6.07) is 1.17. The molecule has 1 heterocycles. The number of aliphatic carboxylic acids is 1. The molecule has 0 saturated carbocycles. The van der Waals surface area contributed by atoms with E-state index >= 15 is 0 Å². The van der Waals surface area contributed by atoms with Crippen molar-refractivity contribution in [3.63, 3.8) is 0 Å². The molecule has 86 valence electrons. The molecule has 0 aliphatic heterocycles. The van der Waals surface area contributed by atoms with E-state index in [-0.39, 0.29) is 20.4 Å². The summed E-state index contributed by atoms with van der Waals surface area (Å²) >= 11 is 1.40. The van der Waals surface area contributed by atoms with Gasteiger partial charge in [0.05, 0.1) is 5.75 Å². The summed E-state index contributed by atoms with van der Waals surface area (Å²) in [5.41, 5.74) is 0. The largest absolute Gasteiger partial charge is 0.481 e. The van der Waals surface area contributed by atoms with Gasteiger partial charge in [-0.15, -0.1) is 23.1 Å². The highest BCUT2D eigenvalue weighted by atomic mass is 32.2. The minimum Gasteiger partial charge on any atom is -0.481 e. The van der Waals surface area contributed by atoms with Crippen LogP contribution in [0.15, 0.2) is 11.0 Å². The van der Waals surface area contributed by atoms with Gasteiger partial charge in [-0.05, 0) is 6.07 Å². The summed E-state index contributed by atoms with van der Waals surface area (Å²) in [5, 5.41) is 25.9. The SMILES string of the molecule is O=C(O)CSc1cc(C(=O)O)sc1C(=O)O. The van der Waals surface area contributed by atoms with Crippen LogP contribution in [-0.4, -0.2) is 39.0 Å². The van der Waals surface area contributed by atoms with Crippen molar-refractivity contribution >= 4 is 41.0 Å². The standard InChI is InChI=1S/C8H6O6S2/c9-5(10)2-15-3-1-4(7(11)12)16-6(3)8(13)14/h1H,2H2,(H,9,10)(H,11,12)(H,13,14). The van der Waals surface area contributed by atoms with Gasteiger partial charge < -0.3 is 15.3 Å². The zero-order chi connectivity index (χ0) is 12.3. The maximum atomic E-state index is 10.8. The van der Waals surface area contributed by atoms with Gasteiger partial charge in [0, 0.05) is 4.90 Å². The second-order valence-corrected chi connectivity index (χ2v) is 4.67. The van der Waals surface area contributed by atoms with E-state index in [1.807, 2.05) is 0 Å². The molecule has 1 aromatic rings. The van der Waals surface area contributed by atoms with E-state index in [9.17, 15) is 14.4 Å². The minimum atomic E-state index is -1.26. The normalized spacial score (nSPS) is 10.0. The molecule has 0 unspecified atom stereocenters. The Hall–Kier alpha value is -1.54. The molecule has 16 heavy (non-hydrogen) atoms. The Morgan fingerprint density at radius 2 is 1.81 bits per heavy atom. The molecule has 3 N–H and O–H groups in total. The maximum Gasteiger partial charge on any atom is 0.347 e. The number of thiophene rings is 1. The molecule has 0 bridgehead atoms. The van der Waals surface area contributed by atoms with Crippen LogP contribution in [0.5, 0.6) is 0 Å². The predicted octanol–water partition coefficient (Wildman–Crippen LogP) is 1.32. The van der Waals surface area contributed by atoms with Crippen molar-refractivity contribution in [3.05, 3.63) is 15.8 Å². The van der Waals surface area contributed by atoms with Gasteiger partial charge >= 0.3 is 17.9 Å². The number of thioether (sulfide) groups is 1. The second-order valence-electron chi connectivity index (χ2n) is 2.60. The van der Waals surface area contributed by atoms with Crippen LogP contribution >= 0.6 is 23.1 Å². The van der Waals surface area contributed by atoms with Gasteiger partial charge in [-0.1, -0.05) is 0 Å². The summed E-state index contributed by atoms with van der Waals surface area (Å²) in [6.07, 6.45) is 0. The molecular weight excluding hydrogens is 256 g/mol. The van der Waals surface area contributed by atoms with Crippen LogP contribution in [0.25, 0.3) is 0 Å². The fourth-order valence-electron chi connectivity index (χ4n) is 0.875.